The monoisotopic (exact) mass is 383 g/mol. The van der Waals surface area contributed by atoms with Gasteiger partial charge in [-0.25, -0.2) is 14.4 Å². The lowest BCUT2D eigenvalue weighted by molar-refractivity contribution is 0.0932. The van der Waals surface area contributed by atoms with E-state index < -0.39 is 0 Å². The average molecular weight is 383 g/mol. The predicted molar refractivity (Wildman–Crippen MR) is 107 cm³/mol. The average Bonchev–Trinajstić information content (AvgIpc) is 3.21. The van der Waals surface area contributed by atoms with Crippen LogP contribution in [0.4, 0.5) is 16.0 Å². The van der Waals surface area contributed by atoms with Crippen LogP contribution in [-0.2, 0) is 0 Å². The minimum absolute atomic E-state index is 0.108. The summed E-state index contributed by atoms with van der Waals surface area (Å²) in [7, 11) is 0. The molecule has 1 saturated carbocycles. The van der Waals surface area contributed by atoms with E-state index in [1.54, 1.807) is 18.2 Å². The first-order chi connectivity index (χ1) is 13.6. The predicted octanol–water partition coefficient (Wildman–Crippen LogP) is 2.92. The van der Waals surface area contributed by atoms with Gasteiger partial charge in [0.2, 0.25) is 5.95 Å². The number of hydrogen-bond donors (Lipinski definition) is 1. The molecule has 0 radical (unpaired) electrons. The van der Waals surface area contributed by atoms with Gasteiger partial charge in [0, 0.05) is 43.6 Å². The van der Waals surface area contributed by atoms with Crippen LogP contribution in [0.3, 0.4) is 0 Å². The number of carbonyl (C=O) groups excluding carboxylic acids is 1. The van der Waals surface area contributed by atoms with E-state index in [-0.39, 0.29) is 17.8 Å². The smallest absolute Gasteiger partial charge is 0.270 e. The zero-order chi connectivity index (χ0) is 19.5. The van der Waals surface area contributed by atoms with E-state index in [0.29, 0.717) is 11.6 Å². The molecule has 2 heterocycles. The highest BCUT2D eigenvalue weighted by Crippen LogP contribution is 2.20. The van der Waals surface area contributed by atoms with Crippen molar-refractivity contribution in [1.29, 1.82) is 0 Å². The number of aryl methyl sites for hydroxylation is 1. The molecule has 1 amide bonds. The summed E-state index contributed by atoms with van der Waals surface area (Å²) < 4.78 is 13.1. The molecule has 0 bridgehead atoms. The number of rotatable bonds is 4. The van der Waals surface area contributed by atoms with Crippen LogP contribution in [0.5, 0.6) is 0 Å². The highest BCUT2D eigenvalue weighted by Gasteiger charge is 2.23. The van der Waals surface area contributed by atoms with Crippen molar-refractivity contribution < 1.29 is 9.18 Å². The van der Waals surface area contributed by atoms with Crippen LogP contribution in [0, 0.1) is 12.7 Å². The van der Waals surface area contributed by atoms with E-state index in [1.165, 1.54) is 25.0 Å². The number of benzene rings is 1. The van der Waals surface area contributed by atoms with Crippen molar-refractivity contribution >= 4 is 17.5 Å². The third-order valence-electron chi connectivity index (χ3n) is 5.52. The quantitative estimate of drug-likeness (QED) is 0.880. The minimum Gasteiger partial charge on any atom is -0.368 e. The maximum Gasteiger partial charge on any atom is 0.270 e. The van der Waals surface area contributed by atoms with Crippen LogP contribution >= 0.6 is 0 Å². The van der Waals surface area contributed by atoms with E-state index in [9.17, 15) is 9.18 Å². The number of hydrogen-bond acceptors (Lipinski definition) is 5. The summed E-state index contributed by atoms with van der Waals surface area (Å²) in [6.07, 6.45) is 4.46. The van der Waals surface area contributed by atoms with E-state index >= 15 is 0 Å². The SMILES string of the molecule is Cc1cc(C(=O)NC2CCCC2)nc(N2CCN(c3ccc(F)cc3)CC2)n1. The van der Waals surface area contributed by atoms with Crippen molar-refractivity contribution in [3.8, 4) is 0 Å². The van der Waals surface area contributed by atoms with Crippen LogP contribution in [0.25, 0.3) is 0 Å². The highest BCUT2D eigenvalue weighted by molar-refractivity contribution is 5.92. The zero-order valence-corrected chi connectivity index (χ0v) is 16.2. The molecule has 1 aliphatic carbocycles. The molecule has 2 fully saturated rings. The van der Waals surface area contributed by atoms with Crippen molar-refractivity contribution in [3.63, 3.8) is 0 Å². The van der Waals surface area contributed by atoms with Gasteiger partial charge in [0.05, 0.1) is 0 Å². The Kier molecular flexibility index (Phi) is 5.41. The number of anilines is 2. The second kappa shape index (κ2) is 8.12. The standard InChI is InChI=1S/C21H26FN5O/c1-15-14-19(20(28)24-17-4-2-3-5-17)25-21(23-15)27-12-10-26(11-13-27)18-8-6-16(22)7-9-18/h6-9,14,17H,2-5,10-13H2,1H3,(H,24,28). The van der Waals surface area contributed by atoms with Crippen LogP contribution < -0.4 is 15.1 Å². The second-order valence-corrected chi connectivity index (χ2v) is 7.60. The third kappa shape index (κ3) is 4.24. The molecule has 6 nitrogen and oxygen atoms in total. The van der Waals surface area contributed by atoms with Gasteiger partial charge in [0.1, 0.15) is 11.5 Å². The fourth-order valence-electron chi connectivity index (χ4n) is 3.96. The van der Waals surface area contributed by atoms with Crippen molar-refractivity contribution in [2.45, 2.75) is 38.6 Å². The van der Waals surface area contributed by atoms with Gasteiger partial charge in [0.25, 0.3) is 5.91 Å². The first-order valence-corrected chi connectivity index (χ1v) is 10.0. The Morgan fingerprint density at radius 1 is 1.04 bits per heavy atom. The molecule has 2 aromatic rings. The first-order valence-electron chi connectivity index (χ1n) is 10.0. The summed E-state index contributed by atoms with van der Waals surface area (Å²) in [6.45, 7) is 5.00. The highest BCUT2D eigenvalue weighted by atomic mass is 19.1. The molecule has 1 aromatic carbocycles. The van der Waals surface area contributed by atoms with E-state index in [2.05, 4.69) is 25.1 Å². The Balaban J connectivity index is 1.42. The van der Waals surface area contributed by atoms with E-state index in [1.807, 2.05) is 6.92 Å². The summed E-state index contributed by atoms with van der Waals surface area (Å²) in [5.74, 6) is 0.276. The maximum atomic E-state index is 13.1. The normalized spacial score (nSPS) is 17.8. The van der Waals surface area contributed by atoms with Gasteiger partial charge in [-0.15, -0.1) is 0 Å². The molecule has 0 unspecified atom stereocenters. The van der Waals surface area contributed by atoms with Gasteiger partial charge in [-0.2, -0.15) is 0 Å². The molecular formula is C21H26FN5O. The molecule has 4 rings (SSSR count). The molecule has 2 aliphatic rings. The molecule has 0 atom stereocenters. The fourth-order valence-corrected chi connectivity index (χ4v) is 3.96. The van der Waals surface area contributed by atoms with Crippen LogP contribution in [0.1, 0.15) is 41.9 Å². The Bertz CT molecular complexity index is 827. The summed E-state index contributed by atoms with van der Waals surface area (Å²) >= 11 is 0. The molecular weight excluding hydrogens is 357 g/mol. The maximum absolute atomic E-state index is 13.1. The molecule has 28 heavy (non-hydrogen) atoms. The minimum atomic E-state index is -0.223. The zero-order valence-electron chi connectivity index (χ0n) is 16.2. The Labute approximate surface area is 164 Å². The van der Waals surface area contributed by atoms with Gasteiger partial charge in [0.15, 0.2) is 0 Å². The van der Waals surface area contributed by atoms with Crippen molar-refractivity contribution in [1.82, 2.24) is 15.3 Å². The number of nitrogens with zero attached hydrogens (tertiary/aromatic N) is 4. The molecule has 0 spiro atoms. The molecule has 1 aliphatic heterocycles. The summed E-state index contributed by atoms with van der Waals surface area (Å²) in [5.41, 5.74) is 2.25. The number of amides is 1. The molecule has 1 saturated heterocycles. The van der Waals surface area contributed by atoms with Gasteiger partial charge < -0.3 is 15.1 Å². The fraction of sp³-hybridized carbons (Fsp3) is 0.476. The van der Waals surface area contributed by atoms with Gasteiger partial charge in [-0.3, -0.25) is 4.79 Å². The molecule has 1 aromatic heterocycles. The van der Waals surface area contributed by atoms with Crippen molar-refractivity contribution in [3.05, 3.63) is 47.5 Å². The topological polar surface area (TPSA) is 61.4 Å². The van der Waals surface area contributed by atoms with Crippen molar-refractivity contribution in [2.75, 3.05) is 36.0 Å². The van der Waals surface area contributed by atoms with E-state index in [0.717, 1.165) is 50.4 Å². The van der Waals surface area contributed by atoms with Crippen LogP contribution in [0.2, 0.25) is 0 Å². The van der Waals surface area contributed by atoms with Crippen LogP contribution in [0.15, 0.2) is 30.3 Å². The first kappa shape index (κ1) is 18.7. The number of piperazine rings is 1. The Hall–Kier alpha value is -2.70. The Morgan fingerprint density at radius 3 is 2.36 bits per heavy atom. The molecule has 1 N–H and O–H groups in total. The summed E-state index contributed by atoms with van der Waals surface area (Å²) in [4.78, 5) is 26.0. The van der Waals surface area contributed by atoms with E-state index in [4.69, 9.17) is 0 Å². The Morgan fingerprint density at radius 2 is 1.68 bits per heavy atom. The third-order valence-corrected chi connectivity index (χ3v) is 5.52. The van der Waals surface area contributed by atoms with Crippen molar-refractivity contribution in [2.24, 2.45) is 0 Å². The number of aromatic nitrogens is 2. The molecule has 7 heteroatoms. The van der Waals surface area contributed by atoms with Gasteiger partial charge in [-0.1, -0.05) is 12.8 Å². The number of carbonyl (C=O) groups is 1. The number of halogens is 1. The van der Waals surface area contributed by atoms with Gasteiger partial charge in [-0.05, 0) is 50.1 Å². The van der Waals surface area contributed by atoms with Crippen LogP contribution in [-0.4, -0.2) is 48.1 Å². The lowest BCUT2D eigenvalue weighted by Crippen LogP contribution is -2.47. The summed E-state index contributed by atoms with van der Waals surface area (Å²) in [6, 6.07) is 8.61. The second-order valence-electron chi connectivity index (χ2n) is 7.60. The summed E-state index contributed by atoms with van der Waals surface area (Å²) in [5, 5.41) is 3.10. The lowest BCUT2D eigenvalue weighted by Gasteiger charge is -2.36. The number of nitrogens with one attached hydrogen (secondary N) is 1. The molecule has 148 valence electrons. The lowest BCUT2D eigenvalue weighted by atomic mass is 10.2. The van der Waals surface area contributed by atoms with Gasteiger partial charge >= 0.3 is 0 Å². The largest absolute Gasteiger partial charge is 0.368 e.